The molecule has 0 radical (unpaired) electrons. The van der Waals surface area contributed by atoms with Crippen LogP contribution < -0.4 is 10.6 Å². The van der Waals surface area contributed by atoms with Gasteiger partial charge in [-0.25, -0.2) is 0 Å². The van der Waals surface area contributed by atoms with Gasteiger partial charge in [-0.15, -0.1) is 0 Å². The quantitative estimate of drug-likeness (QED) is 0.739. The summed E-state index contributed by atoms with van der Waals surface area (Å²) in [6.07, 6.45) is 0.264. The number of amides is 2. The van der Waals surface area contributed by atoms with Crippen molar-refractivity contribution in [1.29, 1.82) is 0 Å². The van der Waals surface area contributed by atoms with E-state index in [0.29, 0.717) is 10.6 Å². The molecule has 0 unspecified atom stereocenters. The Labute approximate surface area is 127 Å². The third-order valence-corrected chi connectivity index (χ3v) is 2.87. The largest absolute Gasteiger partial charge is 0.469 e. The molecule has 1 rings (SSSR count). The molecule has 0 aliphatic carbocycles. The van der Waals surface area contributed by atoms with E-state index >= 15 is 0 Å². The average Bonchev–Trinajstić information content (AvgIpc) is 2.47. The van der Waals surface area contributed by atoms with Crippen molar-refractivity contribution in [3.8, 4) is 0 Å². The van der Waals surface area contributed by atoms with Crippen LogP contribution in [0.3, 0.4) is 0 Å². The van der Waals surface area contributed by atoms with E-state index < -0.39 is 0 Å². The summed E-state index contributed by atoms with van der Waals surface area (Å²) in [6, 6.07) is 6.45. The molecule has 0 atom stereocenters. The van der Waals surface area contributed by atoms with Crippen LogP contribution in [0.4, 0.5) is 0 Å². The topological polar surface area (TPSA) is 84.5 Å². The Balaban J connectivity index is 2.20. The molecule has 21 heavy (non-hydrogen) atoms. The number of benzene rings is 1. The smallest absolute Gasteiger partial charge is 0.307 e. The Morgan fingerprint density at radius 1 is 1.05 bits per heavy atom. The van der Waals surface area contributed by atoms with Gasteiger partial charge in [0, 0.05) is 30.1 Å². The predicted molar refractivity (Wildman–Crippen MR) is 78.0 cm³/mol. The molecule has 0 spiro atoms. The van der Waals surface area contributed by atoms with Crippen LogP contribution >= 0.6 is 11.6 Å². The monoisotopic (exact) mass is 312 g/mol. The van der Waals surface area contributed by atoms with Gasteiger partial charge < -0.3 is 15.4 Å². The Hall–Kier alpha value is -2.08. The molecule has 0 saturated heterocycles. The molecule has 7 heteroatoms. The maximum Gasteiger partial charge on any atom is 0.307 e. The van der Waals surface area contributed by atoms with Crippen LogP contribution in [-0.4, -0.2) is 38.0 Å². The number of methoxy groups -OCH3 is 1. The fourth-order valence-corrected chi connectivity index (χ4v) is 1.61. The number of ether oxygens (including phenoxy) is 1. The van der Waals surface area contributed by atoms with E-state index in [1.165, 1.54) is 7.11 Å². The molecule has 6 nitrogen and oxygen atoms in total. The normalized spacial score (nSPS) is 9.81. The molecule has 0 fully saturated rings. The number of hydrogen-bond donors (Lipinski definition) is 2. The second-order valence-corrected chi connectivity index (χ2v) is 4.63. The Morgan fingerprint density at radius 2 is 1.67 bits per heavy atom. The van der Waals surface area contributed by atoms with E-state index in [9.17, 15) is 14.4 Å². The Morgan fingerprint density at radius 3 is 2.29 bits per heavy atom. The van der Waals surface area contributed by atoms with Gasteiger partial charge in [0.15, 0.2) is 0 Å². The Kier molecular flexibility index (Phi) is 7.25. The van der Waals surface area contributed by atoms with Crippen molar-refractivity contribution in [2.45, 2.75) is 12.8 Å². The SMILES string of the molecule is COC(=O)CCNC(=O)CCNC(=O)c1ccc(Cl)cc1. The zero-order valence-corrected chi connectivity index (χ0v) is 12.4. The van der Waals surface area contributed by atoms with Crippen LogP contribution in [0.15, 0.2) is 24.3 Å². The van der Waals surface area contributed by atoms with E-state index in [1.54, 1.807) is 24.3 Å². The summed E-state index contributed by atoms with van der Waals surface area (Å²) in [7, 11) is 1.29. The second-order valence-electron chi connectivity index (χ2n) is 4.19. The van der Waals surface area contributed by atoms with Gasteiger partial charge in [-0.2, -0.15) is 0 Å². The molecule has 0 aliphatic heterocycles. The van der Waals surface area contributed by atoms with Crippen molar-refractivity contribution in [3.63, 3.8) is 0 Å². The van der Waals surface area contributed by atoms with Gasteiger partial charge in [-0.05, 0) is 24.3 Å². The summed E-state index contributed by atoms with van der Waals surface area (Å²) in [5, 5.41) is 5.74. The Bertz CT molecular complexity index is 502. The first kappa shape index (κ1) is 17.0. The number of carbonyl (C=O) groups is 3. The first-order valence-electron chi connectivity index (χ1n) is 6.40. The molecular formula is C14H17ClN2O4. The van der Waals surface area contributed by atoms with E-state index in [-0.39, 0.29) is 43.7 Å². The van der Waals surface area contributed by atoms with Crippen molar-refractivity contribution in [1.82, 2.24) is 10.6 Å². The second kappa shape index (κ2) is 8.97. The highest BCUT2D eigenvalue weighted by molar-refractivity contribution is 6.30. The summed E-state index contributed by atoms with van der Waals surface area (Å²) in [4.78, 5) is 34.0. The molecule has 1 aromatic rings. The number of nitrogens with one attached hydrogen (secondary N) is 2. The minimum absolute atomic E-state index is 0.124. The lowest BCUT2D eigenvalue weighted by Gasteiger charge is -2.06. The van der Waals surface area contributed by atoms with Gasteiger partial charge in [-0.1, -0.05) is 11.6 Å². The highest BCUT2D eigenvalue weighted by Crippen LogP contribution is 2.09. The van der Waals surface area contributed by atoms with E-state index in [0.717, 1.165) is 0 Å². The zero-order chi connectivity index (χ0) is 15.7. The fraction of sp³-hybridized carbons (Fsp3) is 0.357. The summed E-state index contributed by atoms with van der Waals surface area (Å²) in [5.41, 5.74) is 0.477. The molecule has 0 aliphatic rings. The zero-order valence-electron chi connectivity index (χ0n) is 11.6. The number of hydrogen-bond acceptors (Lipinski definition) is 4. The van der Waals surface area contributed by atoms with Crippen LogP contribution in [0.5, 0.6) is 0 Å². The van der Waals surface area contributed by atoms with Crippen LogP contribution in [0.25, 0.3) is 0 Å². The average molecular weight is 313 g/mol. The van der Waals surface area contributed by atoms with Gasteiger partial charge in [0.1, 0.15) is 0 Å². The van der Waals surface area contributed by atoms with Crippen molar-refractivity contribution in [3.05, 3.63) is 34.9 Å². The molecule has 114 valence electrons. The predicted octanol–water partition coefficient (Wildman–Crippen LogP) is 1.14. The highest BCUT2D eigenvalue weighted by atomic mass is 35.5. The number of halogens is 1. The van der Waals surface area contributed by atoms with Crippen molar-refractivity contribution < 1.29 is 19.1 Å². The van der Waals surface area contributed by atoms with Crippen LogP contribution in [0, 0.1) is 0 Å². The molecule has 0 bridgehead atoms. The van der Waals surface area contributed by atoms with Gasteiger partial charge in [0.2, 0.25) is 5.91 Å². The fourth-order valence-electron chi connectivity index (χ4n) is 1.49. The van der Waals surface area contributed by atoms with Crippen LogP contribution in [0.1, 0.15) is 23.2 Å². The maximum absolute atomic E-state index is 11.7. The lowest BCUT2D eigenvalue weighted by atomic mass is 10.2. The lowest BCUT2D eigenvalue weighted by Crippen LogP contribution is -2.31. The summed E-state index contributed by atoms with van der Waals surface area (Å²) in [6.45, 7) is 0.433. The lowest BCUT2D eigenvalue weighted by molar-refractivity contribution is -0.140. The third kappa shape index (κ3) is 6.76. The standard InChI is InChI=1S/C14H17ClN2O4/c1-21-13(19)7-9-16-12(18)6-8-17-14(20)10-2-4-11(15)5-3-10/h2-5H,6-9H2,1H3,(H,16,18)(H,17,20). The van der Waals surface area contributed by atoms with Crippen LogP contribution in [-0.2, 0) is 14.3 Å². The number of carbonyl (C=O) groups excluding carboxylic acids is 3. The molecule has 0 saturated carbocycles. The molecule has 0 aromatic heterocycles. The number of rotatable bonds is 7. The summed E-state index contributed by atoms with van der Waals surface area (Å²) in [5.74, 6) is -0.893. The molecule has 1 aromatic carbocycles. The summed E-state index contributed by atoms with van der Waals surface area (Å²) < 4.78 is 4.45. The maximum atomic E-state index is 11.7. The number of esters is 1. The minimum Gasteiger partial charge on any atom is -0.469 e. The van der Waals surface area contributed by atoms with Crippen molar-refractivity contribution in [2.75, 3.05) is 20.2 Å². The van der Waals surface area contributed by atoms with Gasteiger partial charge >= 0.3 is 5.97 Å². The van der Waals surface area contributed by atoms with E-state index in [4.69, 9.17) is 11.6 Å². The van der Waals surface area contributed by atoms with Crippen LogP contribution in [0.2, 0.25) is 5.02 Å². The van der Waals surface area contributed by atoms with Crippen molar-refractivity contribution in [2.24, 2.45) is 0 Å². The summed E-state index contributed by atoms with van der Waals surface area (Å²) >= 11 is 5.73. The minimum atomic E-state index is -0.383. The molecular weight excluding hydrogens is 296 g/mol. The molecule has 2 N–H and O–H groups in total. The van der Waals surface area contributed by atoms with E-state index in [2.05, 4.69) is 15.4 Å². The highest BCUT2D eigenvalue weighted by Gasteiger charge is 2.07. The first-order chi connectivity index (χ1) is 10.0. The van der Waals surface area contributed by atoms with Crippen molar-refractivity contribution >= 4 is 29.4 Å². The van der Waals surface area contributed by atoms with Gasteiger partial charge in [0.05, 0.1) is 13.5 Å². The molecule has 2 amide bonds. The third-order valence-electron chi connectivity index (χ3n) is 2.62. The first-order valence-corrected chi connectivity index (χ1v) is 6.78. The van der Waals surface area contributed by atoms with Gasteiger partial charge in [0.25, 0.3) is 5.91 Å². The van der Waals surface area contributed by atoms with E-state index in [1.807, 2.05) is 0 Å². The molecule has 0 heterocycles. The van der Waals surface area contributed by atoms with Gasteiger partial charge in [-0.3, -0.25) is 14.4 Å².